The molecule has 0 saturated carbocycles. The van der Waals surface area contributed by atoms with Crippen molar-refractivity contribution in [2.75, 3.05) is 191 Å². The highest BCUT2D eigenvalue weighted by Gasteiger charge is 2.33. The first-order valence-corrected chi connectivity index (χ1v) is 25.4. The van der Waals surface area contributed by atoms with Gasteiger partial charge in [0, 0.05) is 99.1 Å². The molecule has 0 unspecified atom stereocenters. The lowest BCUT2D eigenvalue weighted by Crippen LogP contribution is -2.35. The Kier molecular flexibility index (Phi) is 45.5. The molecule has 3 aliphatic rings. The van der Waals surface area contributed by atoms with E-state index in [1.54, 1.807) is 0 Å². The first kappa shape index (κ1) is 70.2. The third-order valence-electron chi connectivity index (χ3n) is 9.68. The van der Waals surface area contributed by atoms with Crippen molar-refractivity contribution in [1.82, 2.24) is 14.9 Å². The van der Waals surface area contributed by atoms with Crippen LogP contribution in [0, 0.1) is 0 Å². The average Bonchev–Trinajstić information content (AvgIpc) is 4.07. The first-order chi connectivity index (χ1) is 38.0. The maximum absolute atomic E-state index is 11.8. The van der Waals surface area contributed by atoms with Crippen LogP contribution in [0.2, 0.25) is 0 Å². The summed E-state index contributed by atoms with van der Waals surface area (Å²) in [6, 6.07) is 0. The van der Waals surface area contributed by atoms with Gasteiger partial charge in [0.2, 0.25) is 0 Å². The van der Waals surface area contributed by atoms with Gasteiger partial charge in [0.1, 0.15) is 5.78 Å². The minimum absolute atomic E-state index is 0.00372. The molecule has 0 bridgehead atoms. The molecular weight excluding hydrogens is 1040 g/mol. The molecular formula is C47H76N10O21. The van der Waals surface area contributed by atoms with Crippen molar-refractivity contribution in [3.63, 3.8) is 0 Å². The van der Waals surface area contributed by atoms with Crippen molar-refractivity contribution in [2.45, 2.75) is 38.5 Å². The maximum atomic E-state index is 11.8. The predicted octanol–water partition coefficient (Wildman–Crippen LogP) is 0.324. The van der Waals surface area contributed by atoms with Crippen molar-refractivity contribution in [1.29, 1.82) is 0 Å². The van der Waals surface area contributed by atoms with Gasteiger partial charge in [-0.2, -0.15) is 0 Å². The van der Waals surface area contributed by atoms with Gasteiger partial charge < -0.3 is 67.4 Å². The molecule has 0 aromatic heterocycles. The number of hydrogen-bond donors (Lipinski definition) is 1. The van der Waals surface area contributed by atoms with Crippen LogP contribution in [-0.4, -0.2) is 253 Å². The van der Waals surface area contributed by atoms with Gasteiger partial charge in [-0.25, -0.2) is 4.79 Å². The number of hydroxylamine groups is 2. The molecule has 440 valence electrons. The van der Waals surface area contributed by atoms with E-state index in [2.05, 4.69) is 24.9 Å². The Morgan fingerprint density at radius 3 is 1.05 bits per heavy atom. The Hall–Kier alpha value is -5.86. The highest BCUT2D eigenvalue weighted by molar-refractivity contribution is 6.13. The second-order valence-electron chi connectivity index (χ2n) is 15.6. The minimum Gasteiger partial charge on any atom is -0.379 e. The summed E-state index contributed by atoms with van der Waals surface area (Å²) in [7, 11) is 0. The van der Waals surface area contributed by atoms with Crippen molar-refractivity contribution in [3.05, 3.63) is 45.2 Å². The maximum Gasteiger partial charge on any atom is 0.335 e. The lowest BCUT2D eigenvalue weighted by Gasteiger charge is -2.15. The number of rotatable bonds is 49. The van der Waals surface area contributed by atoms with Gasteiger partial charge in [-0.05, 0) is 17.5 Å². The van der Waals surface area contributed by atoms with Crippen LogP contribution in [-0.2, 0) is 100 Å². The topological polar surface area (TPSA) is 390 Å². The van der Waals surface area contributed by atoms with Crippen molar-refractivity contribution in [3.8, 4) is 0 Å². The number of amides is 6. The zero-order valence-corrected chi connectivity index (χ0v) is 44.2. The van der Waals surface area contributed by atoms with E-state index in [0.717, 1.165) is 22.0 Å². The summed E-state index contributed by atoms with van der Waals surface area (Å²) < 4.78 is 63.8. The summed E-state index contributed by atoms with van der Waals surface area (Å²) >= 11 is 0. The van der Waals surface area contributed by atoms with E-state index < -0.39 is 29.6 Å². The molecule has 2 N–H and O–H groups in total. The Balaban J connectivity index is 0.000000616. The zero-order chi connectivity index (χ0) is 56.9. The largest absolute Gasteiger partial charge is 0.379 e. The molecule has 0 aliphatic carbocycles. The number of carbonyl (C=O) groups is 8. The molecule has 0 aromatic carbocycles. The second-order valence-corrected chi connectivity index (χ2v) is 15.6. The van der Waals surface area contributed by atoms with Gasteiger partial charge >= 0.3 is 5.97 Å². The monoisotopic (exact) mass is 1120 g/mol. The molecule has 3 rings (SSSR count). The molecule has 31 heteroatoms. The molecule has 0 aromatic rings. The van der Waals surface area contributed by atoms with Crippen LogP contribution in [0.15, 0.2) is 34.5 Å². The van der Waals surface area contributed by atoms with E-state index in [9.17, 15) is 38.4 Å². The number of Topliss-reactive ketones (excluding diaryl/α,β-unsaturated/α-hetero) is 1. The zero-order valence-electron chi connectivity index (χ0n) is 44.2. The van der Waals surface area contributed by atoms with Gasteiger partial charge in [-0.1, -0.05) is 10.2 Å². The van der Waals surface area contributed by atoms with Crippen molar-refractivity contribution < 1.29 is 100 Å². The average molecular weight is 1120 g/mol. The van der Waals surface area contributed by atoms with Crippen molar-refractivity contribution >= 4 is 47.2 Å². The Labute approximate surface area is 452 Å². The summed E-state index contributed by atoms with van der Waals surface area (Å²) in [5.41, 5.74) is 21.4. The van der Waals surface area contributed by atoms with E-state index in [1.165, 1.54) is 12.2 Å². The molecule has 1 fully saturated rings. The molecule has 0 radical (unpaired) electrons. The third-order valence-corrected chi connectivity index (χ3v) is 9.68. The number of nitrogens with two attached hydrogens (primary N) is 1. The van der Waals surface area contributed by atoms with E-state index in [1.807, 2.05) is 0 Å². The van der Waals surface area contributed by atoms with Gasteiger partial charge in [0.05, 0.1) is 158 Å². The molecule has 1 saturated heterocycles. The first-order valence-electron chi connectivity index (χ1n) is 25.4. The third kappa shape index (κ3) is 39.5. The number of ether oxygens (including phenoxy) is 12. The standard InChI is InChI=1S/C22H36N4O9.C14H30N4O6.C11H10N2O6/c23-25-24-6-9-31-11-13-33-15-17-35-19-18-34-16-14-32-12-10-30-8-1-2-20(27)5-7-26-21(28)3-4-22(26)29;15-1-3-19-5-7-21-9-11-23-13-14-24-12-10-22-8-6-20-4-2-17-18-16;14-7-1-2-8(15)12(7)6-5-11(18)19-13-9(16)3-4-10(13)17/h3-4H,1-2,5-19H2;1-15H2;1-2H,3-6H2. The second kappa shape index (κ2) is 50.6. The van der Waals surface area contributed by atoms with Crippen LogP contribution >= 0.6 is 0 Å². The highest BCUT2D eigenvalue weighted by atomic mass is 16.7. The van der Waals surface area contributed by atoms with Crippen molar-refractivity contribution in [2.24, 2.45) is 16.0 Å². The van der Waals surface area contributed by atoms with E-state index in [4.69, 9.17) is 73.6 Å². The normalized spacial score (nSPS) is 13.7. The molecule has 78 heavy (non-hydrogen) atoms. The minimum atomic E-state index is -0.851. The van der Waals surface area contributed by atoms with Gasteiger partial charge in [0.15, 0.2) is 0 Å². The number of carbonyl (C=O) groups excluding carboxylic acids is 8. The van der Waals surface area contributed by atoms with Crippen LogP contribution in [0.25, 0.3) is 20.9 Å². The van der Waals surface area contributed by atoms with E-state index in [-0.39, 0.29) is 56.4 Å². The van der Waals surface area contributed by atoms with Crippen LogP contribution < -0.4 is 5.73 Å². The molecule has 3 aliphatic heterocycles. The summed E-state index contributed by atoms with van der Waals surface area (Å²) in [6.45, 7) is 12.7. The number of imide groups is 3. The number of ketones is 1. The Morgan fingerprint density at radius 2 is 0.731 bits per heavy atom. The fraction of sp³-hybridized carbons (Fsp3) is 0.745. The van der Waals surface area contributed by atoms with Gasteiger partial charge in [0.25, 0.3) is 35.4 Å². The highest BCUT2D eigenvalue weighted by Crippen LogP contribution is 2.13. The van der Waals surface area contributed by atoms with E-state index >= 15 is 0 Å². The van der Waals surface area contributed by atoms with Gasteiger partial charge in [-0.15, -0.1) is 5.06 Å². The smallest absolute Gasteiger partial charge is 0.335 e. The lowest BCUT2D eigenvalue weighted by molar-refractivity contribution is -0.197. The molecule has 0 atom stereocenters. The number of hydrogen-bond acceptors (Lipinski definition) is 24. The van der Waals surface area contributed by atoms with Crippen LogP contribution in [0.4, 0.5) is 0 Å². The molecule has 3 heterocycles. The lowest BCUT2D eigenvalue weighted by atomic mass is 10.1. The Morgan fingerprint density at radius 1 is 0.436 bits per heavy atom. The summed E-state index contributed by atoms with van der Waals surface area (Å²) in [5, 5.41) is 7.13. The number of azide groups is 2. The van der Waals surface area contributed by atoms with Crippen LogP contribution in [0.3, 0.4) is 0 Å². The molecule has 6 amide bonds. The fourth-order valence-electron chi connectivity index (χ4n) is 5.83. The summed E-state index contributed by atoms with van der Waals surface area (Å²) in [4.78, 5) is 103. The van der Waals surface area contributed by atoms with Gasteiger partial charge in [-0.3, -0.25) is 43.4 Å². The quantitative estimate of drug-likeness (QED) is 0.0282. The number of nitrogens with zero attached hydrogens (tertiary/aromatic N) is 9. The summed E-state index contributed by atoms with van der Waals surface area (Å²) in [5.74, 6) is -3.76. The Bertz CT molecular complexity index is 1830. The SMILES string of the molecule is O=C(CCN1C(=O)C=CC1=O)ON1C(=O)CCC1=O.[N-]=[N+]=NCCOCCOCCOCCOCCOCCOCCCC(=O)CCN1C(=O)C=CC1=O.[N-]=[N+]=NCCOCCOCCOCCOCCOCCOCCN. The van der Waals surface area contributed by atoms with E-state index in [0.29, 0.717) is 196 Å². The predicted molar refractivity (Wildman–Crippen MR) is 269 cm³/mol. The van der Waals surface area contributed by atoms with Crippen LogP contribution in [0.1, 0.15) is 38.5 Å². The van der Waals surface area contributed by atoms with Crippen LogP contribution in [0.5, 0.6) is 0 Å². The summed E-state index contributed by atoms with van der Waals surface area (Å²) in [6.07, 6.45) is 5.46. The molecule has 31 nitrogen and oxygen atoms in total. The molecule has 0 spiro atoms. The fourth-order valence-corrected chi connectivity index (χ4v) is 5.83.